The molecule has 1 aliphatic rings. The first kappa shape index (κ1) is 6.99. The Morgan fingerprint density at radius 1 is 1.33 bits per heavy atom. The van der Waals surface area contributed by atoms with E-state index in [0.717, 1.165) is 13.1 Å². The van der Waals surface area contributed by atoms with Crippen LogP contribution in [-0.4, -0.2) is 24.8 Å². The molecule has 3 nitrogen and oxygen atoms in total. The maximum atomic E-state index is 4.89. The largest absolute Gasteiger partial charge is 0.218 e. The van der Waals surface area contributed by atoms with E-state index in [2.05, 4.69) is 0 Å². The maximum Gasteiger partial charge on any atom is 0.0814 e. The van der Waals surface area contributed by atoms with Gasteiger partial charge in [-0.3, -0.25) is 0 Å². The number of hydroxylamine groups is 2. The van der Waals surface area contributed by atoms with Crippen molar-refractivity contribution >= 4 is 0 Å². The van der Waals surface area contributed by atoms with Crippen LogP contribution in [0.1, 0.15) is 19.8 Å². The van der Waals surface area contributed by atoms with Crippen molar-refractivity contribution in [2.45, 2.75) is 19.8 Å². The van der Waals surface area contributed by atoms with Crippen molar-refractivity contribution < 1.29 is 9.88 Å². The first-order chi connectivity index (χ1) is 4.43. The van der Waals surface area contributed by atoms with Crippen LogP contribution < -0.4 is 0 Å². The van der Waals surface area contributed by atoms with Gasteiger partial charge in [0.05, 0.1) is 6.61 Å². The van der Waals surface area contributed by atoms with Crippen molar-refractivity contribution in [3.63, 3.8) is 0 Å². The third kappa shape index (κ3) is 2.30. The minimum Gasteiger partial charge on any atom is -0.218 e. The molecule has 0 radical (unpaired) electrons. The summed E-state index contributed by atoms with van der Waals surface area (Å²) in [5.74, 6) is 0. The molecule has 0 N–H and O–H groups in total. The standard InChI is InChI=1S/C6H13NO2/c1-2-8-9-7-5-3-4-6-7/h2-6H2,1H3. The fraction of sp³-hybridized carbons (Fsp3) is 1.00. The lowest BCUT2D eigenvalue weighted by Crippen LogP contribution is -2.19. The molecule has 0 aromatic rings. The molecule has 0 aromatic heterocycles. The van der Waals surface area contributed by atoms with E-state index in [-0.39, 0.29) is 0 Å². The van der Waals surface area contributed by atoms with Gasteiger partial charge in [-0.05, 0) is 19.8 Å². The van der Waals surface area contributed by atoms with Gasteiger partial charge in [0, 0.05) is 13.1 Å². The highest BCUT2D eigenvalue weighted by Crippen LogP contribution is 2.06. The summed E-state index contributed by atoms with van der Waals surface area (Å²) in [5, 5.41) is 1.85. The SMILES string of the molecule is CCOON1CCCC1. The van der Waals surface area contributed by atoms with Crippen molar-refractivity contribution in [1.82, 2.24) is 5.06 Å². The summed E-state index contributed by atoms with van der Waals surface area (Å²) in [5.41, 5.74) is 0. The average molecular weight is 131 g/mol. The molecule has 9 heavy (non-hydrogen) atoms. The molecule has 1 rings (SSSR count). The van der Waals surface area contributed by atoms with Gasteiger partial charge in [0.2, 0.25) is 0 Å². The van der Waals surface area contributed by atoms with Gasteiger partial charge in [0.1, 0.15) is 0 Å². The van der Waals surface area contributed by atoms with Crippen LogP contribution in [0.3, 0.4) is 0 Å². The second kappa shape index (κ2) is 3.82. The molecule has 0 amide bonds. The maximum absolute atomic E-state index is 4.89. The quantitative estimate of drug-likeness (QED) is 0.420. The van der Waals surface area contributed by atoms with E-state index in [1.165, 1.54) is 12.8 Å². The number of nitrogens with zero attached hydrogens (tertiary/aromatic N) is 1. The third-order valence-electron chi connectivity index (χ3n) is 1.34. The van der Waals surface area contributed by atoms with Crippen molar-refractivity contribution in [3.05, 3.63) is 0 Å². The van der Waals surface area contributed by atoms with Gasteiger partial charge >= 0.3 is 0 Å². The van der Waals surface area contributed by atoms with E-state index in [1.54, 1.807) is 0 Å². The minimum absolute atomic E-state index is 0.622. The summed E-state index contributed by atoms with van der Waals surface area (Å²) in [6, 6.07) is 0. The van der Waals surface area contributed by atoms with E-state index in [4.69, 9.17) is 9.88 Å². The van der Waals surface area contributed by atoms with Gasteiger partial charge in [-0.1, -0.05) is 0 Å². The molecule has 0 aromatic carbocycles. The monoisotopic (exact) mass is 131 g/mol. The molecule has 0 saturated carbocycles. The van der Waals surface area contributed by atoms with Crippen molar-refractivity contribution in [2.24, 2.45) is 0 Å². The highest BCUT2D eigenvalue weighted by molar-refractivity contribution is 4.55. The summed E-state index contributed by atoms with van der Waals surface area (Å²) < 4.78 is 0. The minimum atomic E-state index is 0.622. The van der Waals surface area contributed by atoms with Crippen LogP contribution >= 0.6 is 0 Å². The zero-order valence-corrected chi connectivity index (χ0v) is 5.80. The van der Waals surface area contributed by atoms with E-state index in [9.17, 15) is 0 Å². The van der Waals surface area contributed by atoms with E-state index in [1.807, 2.05) is 12.0 Å². The number of rotatable bonds is 3. The summed E-state index contributed by atoms with van der Waals surface area (Å²) in [6.45, 7) is 4.56. The van der Waals surface area contributed by atoms with Crippen molar-refractivity contribution in [2.75, 3.05) is 19.7 Å². The molecule has 1 heterocycles. The lowest BCUT2D eigenvalue weighted by atomic mass is 10.4. The number of hydrogen-bond acceptors (Lipinski definition) is 3. The second-order valence-corrected chi connectivity index (χ2v) is 2.12. The van der Waals surface area contributed by atoms with Crippen molar-refractivity contribution in [1.29, 1.82) is 0 Å². The van der Waals surface area contributed by atoms with Gasteiger partial charge in [0.25, 0.3) is 0 Å². The van der Waals surface area contributed by atoms with Crippen LogP contribution in [-0.2, 0) is 9.88 Å². The van der Waals surface area contributed by atoms with Gasteiger partial charge in [0.15, 0.2) is 0 Å². The Hall–Kier alpha value is -0.120. The lowest BCUT2D eigenvalue weighted by molar-refractivity contribution is -0.419. The molecule has 0 aliphatic carbocycles. The molecule has 3 heteroatoms. The normalized spacial score (nSPS) is 21.0. The van der Waals surface area contributed by atoms with Gasteiger partial charge < -0.3 is 0 Å². The van der Waals surface area contributed by atoms with Crippen LogP contribution in [0.5, 0.6) is 0 Å². The molecule has 0 unspecified atom stereocenters. The fourth-order valence-electron chi connectivity index (χ4n) is 0.890. The first-order valence-electron chi connectivity index (χ1n) is 3.48. The van der Waals surface area contributed by atoms with Crippen molar-refractivity contribution in [3.8, 4) is 0 Å². The summed E-state index contributed by atoms with van der Waals surface area (Å²) >= 11 is 0. The topological polar surface area (TPSA) is 21.7 Å². The van der Waals surface area contributed by atoms with Gasteiger partial charge in [-0.2, -0.15) is 5.06 Å². The van der Waals surface area contributed by atoms with Crippen LogP contribution in [0.25, 0.3) is 0 Å². The number of hydrogen-bond donors (Lipinski definition) is 0. The summed E-state index contributed by atoms with van der Waals surface area (Å²) in [7, 11) is 0. The molecule has 1 fully saturated rings. The smallest absolute Gasteiger partial charge is 0.0814 e. The molecular weight excluding hydrogens is 118 g/mol. The Balaban J connectivity index is 1.98. The predicted molar refractivity (Wildman–Crippen MR) is 33.5 cm³/mol. The van der Waals surface area contributed by atoms with Crippen LogP contribution in [0.15, 0.2) is 0 Å². The Labute approximate surface area is 55.4 Å². The molecule has 0 atom stereocenters. The average Bonchev–Trinajstić information content (AvgIpc) is 2.34. The molecule has 1 aliphatic heterocycles. The highest BCUT2D eigenvalue weighted by atomic mass is 17.3. The molecule has 0 spiro atoms. The Bertz CT molecular complexity index is 71.5. The first-order valence-corrected chi connectivity index (χ1v) is 3.48. The summed E-state index contributed by atoms with van der Waals surface area (Å²) in [6.07, 6.45) is 2.46. The van der Waals surface area contributed by atoms with Gasteiger partial charge in [-0.15, -0.1) is 4.99 Å². The Morgan fingerprint density at radius 3 is 2.56 bits per heavy atom. The van der Waals surface area contributed by atoms with Crippen LogP contribution in [0.2, 0.25) is 0 Å². The van der Waals surface area contributed by atoms with E-state index >= 15 is 0 Å². The van der Waals surface area contributed by atoms with E-state index < -0.39 is 0 Å². The zero-order chi connectivity index (χ0) is 6.53. The van der Waals surface area contributed by atoms with Gasteiger partial charge in [-0.25, -0.2) is 4.89 Å². The lowest BCUT2D eigenvalue weighted by Gasteiger charge is -2.10. The highest BCUT2D eigenvalue weighted by Gasteiger charge is 2.11. The Kier molecular flexibility index (Phi) is 2.97. The van der Waals surface area contributed by atoms with E-state index in [0.29, 0.717) is 6.61 Å². The summed E-state index contributed by atoms with van der Waals surface area (Å²) in [4.78, 5) is 9.63. The molecule has 0 bridgehead atoms. The molecule has 54 valence electrons. The second-order valence-electron chi connectivity index (χ2n) is 2.12. The Morgan fingerprint density at radius 2 is 2.00 bits per heavy atom. The fourth-order valence-corrected chi connectivity index (χ4v) is 0.890. The zero-order valence-electron chi connectivity index (χ0n) is 5.80. The molecular formula is C6H13NO2. The molecule has 1 saturated heterocycles. The van der Waals surface area contributed by atoms with Crippen LogP contribution in [0, 0.1) is 0 Å². The predicted octanol–water partition coefficient (Wildman–Crippen LogP) is 0.965. The van der Waals surface area contributed by atoms with Crippen LogP contribution in [0.4, 0.5) is 0 Å². The third-order valence-corrected chi connectivity index (χ3v) is 1.34.